The zero-order valence-electron chi connectivity index (χ0n) is 42.7. The number of aliphatic hydroxyl groups excluding tert-OH is 4. The Labute approximate surface area is 410 Å². The van der Waals surface area contributed by atoms with Crippen LogP contribution in [0.5, 0.6) is 23.0 Å². The van der Waals surface area contributed by atoms with Crippen LogP contribution >= 0.6 is 0 Å². The molecule has 0 unspecified atom stereocenters. The third-order valence-corrected chi connectivity index (χ3v) is 13.4. The molecule has 0 heterocycles. The number of aliphatic hydroxyl groups is 4. The SMILES string of the molecule is CCCCCCc1cc2c(OCCO)c(c1)Cc1cc(CCCCCC)cc(c1OCCO)Cc1cc(CCCCCC)cc(c1OCCO)Cc1cc(CCCCCC)cc(c1OCCO)C2. The summed E-state index contributed by atoms with van der Waals surface area (Å²) in [5, 5.41) is 41.1. The van der Waals surface area contributed by atoms with Crippen molar-refractivity contribution in [1.82, 2.24) is 0 Å². The van der Waals surface area contributed by atoms with Crippen LogP contribution in [0, 0.1) is 0 Å². The molecule has 0 aromatic heterocycles. The molecule has 0 amide bonds. The Morgan fingerprint density at radius 1 is 0.294 bits per heavy atom. The van der Waals surface area contributed by atoms with Crippen LogP contribution in [-0.2, 0) is 51.4 Å². The fourth-order valence-corrected chi connectivity index (χ4v) is 10.1. The molecule has 1 aliphatic carbocycles. The van der Waals surface area contributed by atoms with Crippen LogP contribution in [0.1, 0.15) is 197 Å². The van der Waals surface area contributed by atoms with Gasteiger partial charge in [-0.2, -0.15) is 0 Å². The number of aryl methyl sites for hydroxylation is 4. The molecule has 4 aromatic rings. The molecule has 376 valence electrons. The van der Waals surface area contributed by atoms with Gasteiger partial charge in [-0.3, -0.25) is 0 Å². The molecule has 8 heteroatoms. The van der Waals surface area contributed by atoms with Crippen LogP contribution in [0.25, 0.3) is 0 Å². The van der Waals surface area contributed by atoms with Gasteiger partial charge < -0.3 is 39.4 Å². The van der Waals surface area contributed by atoms with Crippen LogP contribution in [0.15, 0.2) is 48.5 Å². The Balaban J connectivity index is 1.88. The first-order valence-corrected chi connectivity index (χ1v) is 26.9. The number of unbranched alkanes of at least 4 members (excludes halogenated alkanes) is 12. The summed E-state index contributed by atoms with van der Waals surface area (Å²) >= 11 is 0. The standard InChI is InChI=1S/C60H88O8/c1-5-9-13-17-21-45-33-49-41-51-35-46(22-18-14-10-6-2)37-53(58(51)66-30-26-62)43-55-39-48(24-20-16-12-8-4)40-56(60(55)68-32-28-64)44-54-38-47(23-19-15-11-7-3)36-52(59(54)67-31-27-63)42-50(34-45)57(49)65-29-25-61/h33-40,61-64H,5-32,41-44H2,1-4H3. The second-order valence-electron chi connectivity index (χ2n) is 19.2. The smallest absolute Gasteiger partial charge is 0.126 e. The molecule has 5 rings (SSSR count). The molecular formula is C60H88O8. The fourth-order valence-electron chi connectivity index (χ4n) is 10.1. The van der Waals surface area contributed by atoms with E-state index in [-0.39, 0.29) is 52.9 Å². The van der Waals surface area contributed by atoms with E-state index in [0.29, 0.717) is 25.7 Å². The van der Waals surface area contributed by atoms with Gasteiger partial charge in [0.1, 0.15) is 49.4 Å². The van der Waals surface area contributed by atoms with Gasteiger partial charge in [-0.25, -0.2) is 0 Å². The average molecular weight is 937 g/mol. The largest absolute Gasteiger partial charge is 0.491 e. The molecule has 0 fully saturated rings. The van der Waals surface area contributed by atoms with E-state index in [0.717, 1.165) is 119 Å². The quantitative estimate of drug-likeness (QED) is 0.0315. The molecule has 4 aromatic carbocycles. The minimum absolute atomic E-state index is 0.110. The minimum atomic E-state index is -0.110. The predicted molar refractivity (Wildman–Crippen MR) is 279 cm³/mol. The summed E-state index contributed by atoms with van der Waals surface area (Å²) in [7, 11) is 0. The van der Waals surface area contributed by atoms with Crippen molar-refractivity contribution < 1.29 is 39.4 Å². The van der Waals surface area contributed by atoms with E-state index < -0.39 is 0 Å². The van der Waals surface area contributed by atoms with Gasteiger partial charge in [-0.15, -0.1) is 0 Å². The van der Waals surface area contributed by atoms with Gasteiger partial charge in [0.05, 0.1) is 26.4 Å². The number of hydrogen-bond acceptors (Lipinski definition) is 8. The highest BCUT2D eigenvalue weighted by Crippen LogP contribution is 2.41. The molecule has 4 N–H and O–H groups in total. The summed E-state index contributed by atoms with van der Waals surface area (Å²) in [4.78, 5) is 0. The molecule has 1 aliphatic rings. The first kappa shape index (κ1) is 54.9. The minimum Gasteiger partial charge on any atom is -0.491 e. The highest BCUT2D eigenvalue weighted by atomic mass is 16.5. The Morgan fingerprint density at radius 2 is 0.485 bits per heavy atom. The van der Waals surface area contributed by atoms with Crippen LogP contribution < -0.4 is 18.9 Å². The molecule has 8 bridgehead atoms. The second kappa shape index (κ2) is 31.2. The molecule has 8 nitrogen and oxygen atoms in total. The summed E-state index contributed by atoms with van der Waals surface area (Å²) in [6.07, 6.45) is 24.5. The summed E-state index contributed by atoms with van der Waals surface area (Å²) < 4.78 is 26.8. The van der Waals surface area contributed by atoms with Crippen LogP contribution in [-0.4, -0.2) is 73.3 Å². The molecule has 0 saturated heterocycles. The van der Waals surface area contributed by atoms with Crippen LogP contribution in [0.3, 0.4) is 0 Å². The maximum absolute atomic E-state index is 10.3. The van der Waals surface area contributed by atoms with E-state index >= 15 is 0 Å². The predicted octanol–water partition coefficient (Wildman–Crippen LogP) is 12.3. The van der Waals surface area contributed by atoms with E-state index in [9.17, 15) is 20.4 Å². The Morgan fingerprint density at radius 3 is 0.647 bits per heavy atom. The lowest BCUT2D eigenvalue weighted by atomic mass is 9.87. The van der Waals surface area contributed by atoms with Gasteiger partial charge in [-0.05, 0) is 118 Å². The highest BCUT2D eigenvalue weighted by Gasteiger charge is 2.25. The van der Waals surface area contributed by atoms with Crippen molar-refractivity contribution in [3.63, 3.8) is 0 Å². The number of hydrogen-bond donors (Lipinski definition) is 4. The third kappa shape index (κ3) is 17.1. The van der Waals surface area contributed by atoms with Crippen molar-refractivity contribution >= 4 is 0 Å². The van der Waals surface area contributed by atoms with E-state index in [1.807, 2.05) is 0 Å². The fraction of sp³-hybridized carbons (Fsp3) is 0.600. The Bertz CT molecular complexity index is 1690. The van der Waals surface area contributed by atoms with E-state index in [1.165, 1.54) is 99.3 Å². The lowest BCUT2D eigenvalue weighted by Crippen LogP contribution is -2.13. The van der Waals surface area contributed by atoms with Crippen molar-refractivity contribution in [3.8, 4) is 23.0 Å². The maximum Gasteiger partial charge on any atom is 0.126 e. The van der Waals surface area contributed by atoms with Crippen molar-refractivity contribution in [2.45, 2.75) is 182 Å². The molecule has 0 saturated carbocycles. The summed E-state index contributed by atoms with van der Waals surface area (Å²) in [6.45, 7) is 9.21. The molecule has 0 radical (unpaired) electrons. The van der Waals surface area contributed by atoms with Crippen molar-refractivity contribution in [2.24, 2.45) is 0 Å². The number of rotatable bonds is 32. The van der Waals surface area contributed by atoms with Gasteiger partial charge in [0, 0.05) is 25.7 Å². The van der Waals surface area contributed by atoms with E-state index in [4.69, 9.17) is 18.9 Å². The topological polar surface area (TPSA) is 118 Å². The first-order valence-electron chi connectivity index (χ1n) is 26.9. The van der Waals surface area contributed by atoms with Gasteiger partial charge in [-0.1, -0.05) is 153 Å². The van der Waals surface area contributed by atoms with Crippen molar-refractivity contribution in [3.05, 3.63) is 115 Å². The van der Waals surface area contributed by atoms with Crippen molar-refractivity contribution in [1.29, 1.82) is 0 Å². The Hall–Kier alpha value is -4.08. The van der Waals surface area contributed by atoms with Gasteiger partial charge >= 0.3 is 0 Å². The lowest BCUT2D eigenvalue weighted by Gasteiger charge is -2.25. The molecular weight excluding hydrogens is 849 g/mol. The molecule has 0 atom stereocenters. The Kier molecular flexibility index (Phi) is 25.2. The number of ether oxygens (including phenoxy) is 4. The van der Waals surface area contributed by atoms with Crippen molar-refractivity contribution in [2.75, 3.05) is 52.9 Å². The summed E-state index contributed by atoms with van der Waals surface area (Å²) in [5.74, 6) is 3.14. The zero-order chi connectivity index (χ0) is 48.4. The van der Waals surface area contributed by atoms with Gasteiger partial charge in [0.15, 0.2) is 0 Å². The average Bonchev–Trinajstić information content (AvgIpc) is 3.33. The first-order chi connectivity index (χ1) is 33.4. The molecule has 68 heavy (non-hydrogen) atoms. The van der Waals surface area contributed by atoms with Crippen LogP contribution in [0.2, 0.25) is 0 Å². The maximum atomic E-state index is 10.3. The third-order valence-electron chi connectivity index (χ3n) is 13.4. The van der Waals surface area contributed by atoms with E-state index in [2.05, 4.69) is 76.2 Å². The normalized spacial score (nSPS) is 12.4. The molecule has 0 spiro atoms. The summed E-state index contributed by atoms with van der Waals surface area (Å²) in [5.41, 5.74) is 13.4. The van der Waals surface area contributed by atoms with Gasteiger partial charge in [0.2, 0.25) is 0 Å². The lowest BCUT2D eigenvalue weighted by molar-refractivity contribution is 0.197. The zero-order valence-corrected chi connectivity index (χ0v) is 42.7. The number of fused-ring (bicyclic) bond motifs is 8. The number of benzene rings is 4. The monoisotopic (exact) mass is 937 g/mol. The highest BCUT2D eigenvalue weighted by molar-refractivity contribution is 5.58. The summed E-state index contributed by atoms with van der Waals surface area (Å²) in [6, 6.07) is 18.6. The van der Waals surface area contributed by atoms with Crippen LogP contribution in [0.4, 0.5) is 0 Å². The van der Waals surface area contributed by atoms with E-state index in [1.54, 1.807) is 0 Å². The second-order valence-corrected chi connectivity index (χ2v) is 19.2. The molecule has 0 aliphatic heterocycles. The van der Waals surface area contributed by atoms with Gasteiger partial charge in [0.25, 0.3) is 0 Å².